The van der Waals surface area contributed by atoms with Crippen LogP contribution in [0.5, 0.6) is 5.75 Å². The molecule has 0 bridgehead atoms. The standard InChI is InChI=1S/C22H30O5/c1-14(4-6-16-7-5-15(12-23)11-18(16)24)10-19-20-17(8-9-21(20,2)25)22(3,26)13-27-19/h4-7,10-11,17,19-20,23-26H,8-9,12-13H2,1-3H3/b6-4+,14-10-/t17-,19+,20-,21-,22+/m0/s1. The van der Waals surface area contributed by atoms with E-state index in [2.05, 4.69) is 0 Å². The maximum atomic E-state index is 10.8. The van der Waals surface area contributed by atoms with Crippen molar-refractivity contribution < 1.29 is 25.2 Å². The highest BCUT2D eigenvalue weighted by Crippen LogP contribution is 2.50. The van der Waals surface area contributed by atoms with E-state index in [0.29, 0.717) is 17.5 Å². The quantitative estimate of drug-likeness (QED) is 0.609. The smallest absolute Gasteiger partial charge is 0.123 e. The first-order valence-electron chi connectivity index (χ1n) is 9.50. The van der Waals surface area contributed by atoms with Gasteiger partial charge in [0.05, 0.1) is 30.5 Å². The van der Waals surface area contributed by atoms with Gasteiger partial charge in [0, 0.05) is 11.5 Å². The highest BCUT2D eigenvalue weighted by Gasteiger charge is 2.56. The zero-order valence-corrected chi connectivity index (χ0v) is 16.2. The van der Waals surface area contributed by atoms with Crippen molar-refractivity contribution >= 4 is 6.08 Å². The Hall–Kier alpha value is -1.66. The minimum absolute atomic E-state index is 0.00866. The molecule has 3 rings (SSSR count). The van der Waals surface area contributed by atoms with Crippen molar-refractivity contribution in [3.63, 3.8) is 0 Å². The van der Waals surface area contributed by atoms with E-state index in [4.69, 9.17) is 9.84 Å². The van der Waals surface area contributed by atoms with Crippen LogP contribution in [0.1, 0.15) is 44.7 Å². The van der Waals surface area contributed by atoms with Crippen molar-refractivity contribution in [3.8, 4) is 5.75 Å². The number of allylic oxidation sites excluding steroid dienone is 2. The van der Waals surface area contributed by atoms with Crippen LogP contribution in [0.3, 0.4) is 0 Å². The summed E-state index contributed by atoms with van der Waals surface area (Å²) in [7, 11) is 0. The molecule has 1 aromatic carbocycles. The van der Waals surface area contributed by atoms with Gasteiger partial charge in [0.25, 0.3) is 0 Å². The normalized spacial score (nSPS) is 37.0. The lowest BCUT2D eigenvalue weighted by Gasteiger charge is -2.46. The zero-order chi connectivity index (χ0) is 19.8. The van der Waals surface area contributed by atoms with Gasteiger partial charge in [-0.3, -0.25) is 0 Å². The number of hydrogen-bond donors (Lipinski definition) is 4. The summed E-state index contributed by atoms with van der Waals surface area (Å²) >= 11 is 0. The summed E-state index contributed by atoms with van der Waals surface area (Å²) < 4.78 is 5.92. The molecule has 5 atom stereocenters. The number of aliphatic hydroxyl groups is 3. The first-order valence-corrected chi connectivity index (χ1v) is 9.50. The maximum Gasteiger partial charge on any atom is 0.123 e. The lowest BCUT2D eigenvalue weighted by atomic mass is 9.72. The molecular weight excluding hydrogens is 344 g/mol. The molecule has 0 radical (unpaired) electrons. The Kier molecular flexibility index (Phi) is 5.50. The summed E-state index contributed by atoms with van der Waals surface area (Å²) in [6.07, 6.45) is 6.88. The molecule has 0 aromatic heterocycles. The number of aliphatic hydroxyl groups excluding tert-OH is 1. The van der Waals surface area contributed by atoms with Crippen molar-refractivity contribution in [2.75, 3.05) is 6.61 Å². The molecule has 1 saturated carbocycles. The second-order valence-corrected chi connectivity index (χ2v) is 8.46. The van der Waals surface area contributed by atoms with Gasteiger partial charge in [-0.2, -0.15) is 0 Å². The van der Waals surface area contributed by atoms with E-state index in [-0.39, 0.29) is 36.9 Å². The van der Waals surface area contributed by atoms with E-state index in [1.54, 1.807) is 25.1 Å². The lowest BCUT2D eigenvalue weighted by Crippen LogP contribution is -2.55. The van der Waals surface area contributed by atoms with Gasteiger partial charge in [0.1, 0.15) is 5.75 Å². The summed E-state index contributed by atoms with van der Waals surface area (Å²) in [6, 6.07) is 5.08. The molecule has 5 heteroatoms. The Labute approximate surface area is 160 Å². The van der Waals surface area contributed by atoms with Gasteiger partial charge in [0.2, 0.25) is 0 Å². The van der Waals surface area contributed by atoms with Gasteiger partial charge >= 0.3 is 0 Å². The first-order chi connectivity index (χ1) is 12.6. The van der Waals surface area contributed by atoms with Crippen LogP contribution in [-0.4, -0.2) is 44.3 Å². The van der Waals surface area contributed by atoms with Gasteiger partial charge in [-0.1, -0.05) is 35.9 Å². The Morgan fingerprint density at radius 3 is 2.67 bits per heavy atom. The Balaban J connectivity index is 1.79. The number of ether oxygens (including phenoxy) is 1. The fourth-order valence-corrected chi connectivity index (χ4v) is 4.50. The topological polar surface area (TPSA) is 90.2 Å². The summed E-state index contributed by atoms with van der Waals surface area (Å²) in [4.78, 5) is 0. The van der Waals surface area contributed by atoms with Crippen LogP contribution in [0.15, 0.2) is 35.9 Å². The van der Waals surface area contributed by atoms with Crippen LogP contribution in [0, 0.1) is 11.8 Å². The average molecular weight is 374 g/mol. The van der Waals surface area contributed by atoms with Gasteiger partial charge < -0.3 is 25.2 Å². The molecule has 148 valence electrons. The predicted octanol–water partition coefficient (Wildman–Crippen LogP) is 2.77. The van der Waals surface area contributed by atoms with Crippen LogP contribution in [0.2, 0.25) is 0 Å². The van der Waals surface area contributed by atoms with E-state index in [9.17, 15) is 15.3 Å². The third-order valence-corrected chi connectivity index (χ3v) is 6.06. The first kappa shape index (κ1) is 20.1. The Morgan fingerprint density at radius 2 is 2.00 bits per heavy atom. The van der Waals surface area contributed by atoms with Gasteiger partial charge in [-0.25, -0.2) is 0 Å². The summed E-state index contributed by atoms with van der Waals surface area (Å²) in [5, 5.41) is 40.6. The monoisotopic (exact) mass is 374 g/mol. The third kappa shape index (κ3) is 4.11. The molecule has 27 heavy (non-hydrogen) atoms. The fraction of sp³-hybridized carbons (Fsp3) is 0.545. The predicted molar refractivity (Wildman–Crippen MR) is 104 cm³/mol. The van der Waals surface area contributed by atoms with Crippen molar-refractivity contribution in [1.82, 2.24) is 0 Å². The maximum absolute atomic E-state index is 10.8. The molecule has 1 aliphatic heterocycles. The fourth-order valence-electron chi connectivity index (χ4n) is 4.50. The van der Waals surface area contributed by atoms with Gasteiger partial charge in [-0.05, 0) is 51.2 Å². The molecule has 2 aliphatic rings. The molecule has 0 unspecified atom stereocenters. The van der Waals surface area contributed by atoms with Crippen molar-refractivity contribution in [1.29, 1.82) is 0 Å². The molecule has 5 nitrogen and oxygen atoms in total. The number of benzene rings is 1. The third-order valence-electron chi connectivity index (χ3n) is 6.06. The summed E-state index contributed by atoms with van der Waals surface area (Å²) in [6.45, 7) is 5.71. The number of aromatic hydroxyl groups is 1. The molecule has 2 fully saturated rings. The van der Waals surface area contributed by atoms with Crippen molar-refractivity contribution in [3.05, 3.63) is 47.1 Å². The van der Waals surface area contributed by atoms with Crippen molar-refractivity contribution in [2.45, 2.75) is 57.5 Å². The van der Waals surface area contributed by atoms with Crippen LogP contribution in [0.25, 0.3) is 6.08 Å². The minimum Gasteiger partial charge on any atom is -0.507 e. The van der Waals surface area contributed by atoms with Crippen LogP contribution < -0.4 is 0 Å². The number of fused-ring (bicyclic) bond motifs is 1. The highest BCUT2D eigenvalue weighted by atomic mass is 16.5. The van der Waals surface area contributed by atoms with E-state index >= 15 is 0 Å². The van der Waals surface area contributed by atoms with Gasteiger partial charge in [-0.15, -0.1) is 0 Å². The Bertz CT molecular complexity index is 747. The molecule has 1 saturated heterocycles. The van der Waals surface area contributed by atoms with Crippen molar-refractivity contribution in [2.24, 2.45) is 11.8 Å². The molecular formula is C22H30O5. The number of hydrogen-bond acceptors (Lipinski definition) is 5. The molecule has 4 N–H and O–H groups in total. The highest BCUT2D eigenvalue weighted by molar-refractivity contribution is 5.59. The van der Waals surface area contributed by atoms with E-state index in [0.717, 1.165) is 12.0 Å². The summed E-state index contributed by atoms with van der Waals surface area (Å²) in [5.74, 6) is -0.0226. The SMILES string of the molecule is CC(=C/[C@H]1OC[C@@](C)(O)[C@H]2CC[C@](C)(O)[C@H]12)/C=C/c1ccc(CO)cc1O. The molecule has 0 spiro atoms. The zero-order valence-electron chi connectivity index (χ0n) is 16.2. The summed E-state index contributed by atoms with van der Waals surface area (Å²) in [5.41, 5.74) is 0.499. The molecule has 1 aromatic rings. The van der Waals surface area contributed by atoms with Crippen LogP contribution >= 0.6 is 0 Å². The minimum atomic E-state index is -0.917. The van der Waals surface area contributed by atoms with E-state index < -0.39 is 11.2 Å². The molecule has 1 aliphatic carbocycles. The number of phenolic OH excluding ortho intramolecular Hbond substituents is 1. The second-order valence-electron chi connectivity index (χ2n) is 8.46. The van der Waals surface area contributed by atoms with E-state index in [1.807, 2.05) is 32.1 Å². The second kappa shape index (κ2) is 7.40. The molecule has 0 amide bonds. The van der Waals surface area contributed by atoms with Crippen LogP contribution in [-0.2, 0) is 11.3 Å². The lowest BCUT2D eigenvalue weighted by molar-refractivity contribution is -0.183. The van der Waals surface area contributed by atoms with E-state index in [1.165, 1.54) is 0 Å². The van der Waals surface area contributed by atoms with Gasteiger partial charge in [0.15, 0.2) is 0 Å². The number of rotatable bonds is 4. The largest absolute Gasteiger partial charge is 0.507 e. The molecule has 1 heterocycles. The average Bonchev–Trinajstić information content (AvgIpc) is 2.93. The number of phenols is 1. The van der Waals surface area contributed by atoms with Crippen LogP contribution in [0.4, 0.5) is 0 Å². The Morgan fingerprint density at radius 1 is 1.26 bits per heavy atom.